The summed E-state index contributed by atoms with van der Waals surface area (Å²) in [5, 5.41) is 0.471. The molecule has 0 amide bonds. The molecule has 0 aliphatic rings. The first kappa shape index (κ1) is 9.28. The first-order valence-corrected chi connectivity index (χ1v) is 4.69. The third kappa shape index (κ3) is 1.80. The molecule has 1 aromatic carbocycles. The summed E-state index contributed by atoms with van der Waals surface area (Å²) in [5.74, 6) is -0.258. The second kappa shape index (κ2) is 3.84. The first-order valence-electron chi connectivity index (χ1n) is 4.31. The van der Waals surface area contributed by atoms with Crippen LogP contribution in [0.2, 0.25) is 5.02 Å². The van der Waals surface area contributed by atoms with E-state index in [0.717, 1.165) is 0 Å². The van der Waals surface area contributed by atoms with Crippen LogP contribution in [0.4, 0.5) is 4.39 Å². The average molecular weight is 210 g/mol. The van der Waals surface area contributed by atoms with Crippen molar-refractivity contribution in [3.05, 3.63) is 59.1 Å². The van der Waals surface area contributed by atoms with Gasteiger partial charge >= 0.3 is 0 Å². The Hall–Kier alpha value is -1.28. The maximum absolute atomic E-state index is 13.3. The lowest BCUT2D eigenvalue weighted by Crippen LogP contribution is -1.99. The molecule has 0 spiro atoms. The van der Waals surface area contributed by atoms with Crippen LogP contribution in [-0.4, -0.2) is 4.57 Å². The van der Waals surface area contributed by atoms with Crippen LogP contribution < -0.4 is 0 Å². The minimum atomic E-state index is -0.258. The molecule has 3 heteroatoms. The van der Waals surface area contributed by atoms with Crippen molar-refractivity contribution in [3.63, 3.8) is 0 Å². The molecule has 0 atom stereocenters. The van der Waals surface area contributed by atoms with Gasteiger partial charge < -0.3 is 4.57 Å². The van der Waals surface area contributed by atoms with E-state index < -0.39 is 0 Å². The van der Waals surface area contributed by atoms with Crippen LogP contribution in [-0.2, 0) is 6.54 Å². The minimum Gasteiger partial charge on any atom is -0.350 e. The van der Waals surface area contributed by atoms with Crippen LogP contribution in [0.3, 0.4) is 0 Å². The van der Waals surface area contributed by atoms with E-state index >= 15 is 0 Å². The number of hydrogen-bond acceptors (Lipinski definition) is 0. The predicted octanol–water partition coefficient (Wildman–Crippen LogP) is 3.33. The van der Waals surface area contributed by atoms with Crippen molar-refractivity contribution in [1.82, 2.24) is 4.57 Å². The number of hydrogen-bond donors (Lipinski definition) is 0. The molecule has 72 valence electrons. The molecule has 0 radical (unpaired) electrons. The lowest BCUT2D eigenvalue weighted by Gasteiger charge is -2.06. The van der Waals surface area contributed by atoms with Crippen molar-refractivity contribution >= 4 is 11.6 Å². The van der Waals surface area contributed by atoms with Gasteiger partial charge in [-0.15, -0.1) is 0 Å². The fourth-order valence-electron chi connectivity index (χ4n) is 1.34. The van der Waals surface area contributed by atoms with E-state index in [4.69, 9.17) is 11.6 Å². The average Bonchev–Trinajstić information content (AvgIpc) is 2.64. The third-order valence-corrected chi connectivity index (χ3v) is 2.42. The molecule has 0 aliphatic carbocycles. The Labute approximate surface area is 86.7 Å². The van der Waals surface area contributed by atoms with E-state index in [2.05, 4.69) is 0 Å². The van der Waals surface area contributed by atoms with E-state index in [0.29, 0.717) is 17.1 Å². The van der Waals surface area contributed by atoms with Gasteiger partial charge in [-0.1, -0.05) is 17.7 Å². The summed E-state index contributed by atoms with van der Waals surface area (Å²) >= 11 is 5.89. The Morgan fingerprint density at radius 1 is 1.14 bits per heavy atom. The van der Waals surface area contributed by atoms with Gasteiger partial charge in [-0.05, 0) is 24.3 Å². The second-order valence-corrected chi connectivity index (χ2v) is 3.46. The summed E-state index contributed by atoms with van der Waals surface area (Å²) in [7, 11) is 0. The zero-order chi connectivity index (χ0) is 9.97. The van der Waals surface area contributed by atoms with Crippen molar-refractivity contribution in [2.45, 2.75) is 6.54 Å². The van der Waals surface area contributed by atoms with Crippen LogP contribution >= 0.6 is 11.6 Å². The van der Waals surface area contributed by atoms with Gasteiger partial charge in [-0.3, -0.25) is 0 Å². The Kier molecular flexibility index (Phi) is 2.55. The van der Waals surface area contributed by atoms with Gasteiger partial charge in [0.15, 0.2) is 0 Å². The van der Waals surface area contributed by atoms with Gasteiger partial charge in [0.2, 0.25) is 0 Å². The van der Waals surface area contributed by atoms with Gasteiger partial charge in [0.1, 0.15) is 5.82 Å². The minimum absolute atomic E-state index is 0.258. The largest absolute Gasteiger partial charge is 0.350 e. The maximum atomic E-state index is 13.3. The quantitative estimate of drug-likeness (QED) is 0.715. The first-order chi connectivity index (χ1) is 6.77. The maximum Gasteiger partial charge on any atom is 0.129 e. The molecule has 0 saturated carbocycles. The molecular weight excluding hydrogens is 201 g/mol. The van der Waals surface area contributed by atoms with E-state index in [1.165, 1.54) is 6.07 Å². The van der Waals surface area contributed by atoms with Crippen LogP contribution in [0, 0.1) is 5.82 Å². The topological polar surface area (TPSA) is 4.93 Å². The summed E-state index contributed by atoms with van der Waals surface area (Å²) in [6.45, 7) is 0.471. The zero-order valence-corrected chi connectivity index (χ0v) is 8.21. The van der Waals surface area contributed by atoms with Crippen LogP contribution in [0.5, 0.6) is 0 Å². The fourth-order valence-corrected chi connectivity index (χ4v) is 1.56. The molecule has 2 aromatic rings. The highest BCUT2D eigenvalue weighted by atomic mass is 35.5. The molecule has 0 bridgehead atoms. The van der Waals surface area contributed by atoms with Crippen molar-refractivity contribution in [3.8, 4) is 0 Å². The highest BCUT2D eigenvalue weighted by Gasteiger charge is 2.06. The lowest BCUT2D eigenvalue weighted by atomic mass is 10.2. The monoisotopic (exact) mass is 209 g/mol. The van der Waals surface area contributed by atoms with Gasteiger partial charge in [0, 0.05) is 23.0 Å². The third-order valence-electron chi connectivity index (χ3n) is 2.07. The molecule has 1 nitrogen and oxygen atoms in total. The number of halogens is 2. The summed E-state index contributed by atoms with van der Waals surface area (Å²) in [6, 6.07) is 8.52. The molecule has 0 aliphatic heterocycles. The van der Waals surface area contributed by atoms with Gasteiger partial charge in [0.25, 0.3) is 0 Å². The highest BCUT2D eigenvalue weighted by Crippen LogP contribution is 2.19. The Balaban J connectivity index is 2.33. The molecule has 1 heterocycles. The molecular formula is C11H9ClFN. The smallest absolute Gasteiger partial charge is 0.129 e. The number of aromatic nitrogens is 1. The predicted molar refractivity (Wildman–Crippen MR) is 54.9 cm³/mol. The van der Waals surface area contributed by atoms with Crippen molar-refractivity contribution in [2.75, 3.05) is 0 Å². The second-order valence-electron chi connectivity index (χ2n) is 3.06. The molecule has 0 N–H and O–H groups in total. The van der Waals surface area contributed by atoms with Crippen LogP contribution in [0.1, 0.15) is 5.56 Å². The van der Waals surface area contributed by atoms with Crippen molar-refractivity contribution < 1.29 is 4.39 Å². The fraction of sp³-hybridized carbons (Fsp3) is 0.0909. The molecule has 1 aromatic heterocycles. The summed E-state index contributed by atoms with van der Waals surface area (Å²) < 4.78 is 15.2. The normalized spacial score (nSPS) is 10.4. The number of benzene rings is 1. The number of nitrogens with zero attached hydrogens (tertiary/aromatic N) is 1. The van der Waals surface area contributed by atoms with E-state index in [9.17, 15) is 4.39 Å². The van der Waals surface area contributed by atoms with Crippen molar-refractivity contribution in [2.24, 2.45) is 0 Å². The summed E-state index contributed by atoms with van der Waals surface area (Å²) in [5.41, 5.74) is 0.533. The van der Waals surface area contributed by atoms with Crippen molar-refractivity contribution in [1.29, 1.82) is 0 Å². The molecule has 14 heavy (non-hydrogen) atoms. The number of rotatable bonds is 2. The lowest BCUT2D eigenvalue weighted by molar-refractivity contribution is 0.600. The SMILES string of the molecule is Fc1cccc(Cl)c1Cn1cccc1. The molecule has 0 saturated heterocycles. The zero-order valence-electron chi connectivity index (χ0n) is 7.45. The highest BCUT2D eigenvalue weighted by molar-refractivity contribution is 6.31. The van der Waals surface area contributed by atoms with E-state index in [-0.39, 0.29) is 5.82 Å². The standard InChI is InChI=1S/C11H9ClFN/c12-10-4-3-5-11(13)9(10)8-14-6-1-2-7-14/h1-7H,8H2. The Bertz CT molecular complexity index is 403. The molecule has 2 rings (SSSR count). The van der Waals surface area contributed by atoms with Crippen LogP contribution in [0.25, 0.3) is 0 Å². The summed E-state index contributed by atoms with van der Waals surface area (Å²) in [4.78, 5) is 0. The summed E-state index contributed by atoms with van der Waals surface area (Å²) in [6.07, 6.45) is 3.76. The van der Waals surface area contributed by atoms with Gasteiger partial charge in [-0.2, -0.15) is 0 Å². The van der Waals surface area contributed by atoms with Crippen LogP contribution in [0.15, 0.2) is 42.7 Å². The molecule has 0 fully saturated rings. The Morgan fingerprint density at radius 3 is 2.50 bits per heavy atom. The van der Waals surface area contributed by atoms with Gasteiger partial charge in [-0.25, -0.2) is 4.39 Å². The van der Waals surface area contributed by atoms with Gasteiger partial charge in [0.05, 0.1) is 6.54 Å². The molecule has 0 unspecified atom stereocenters. The Morgan fingerprint density at radius 2 is 1.86 bits per heavy atom. The van der Waals surface area contributed by atoms with E-state index in [1.54, 1.807) is 12.1 Å². The van der Waals surface area contributed by atoms with E-state index in [1.807, 2.05) is 29.1 Å².